The molecular formula is C16H34N2. The summed E-state index contributed by atoms with van der Waals surface area (Å²) < 4.78 is 0. The van der Waals surface area contributed by atoms with Gasteiger partial charge in [-0.1, -0.05) is 26.2 Å². The predicted molar refractivity (Wildman–Crippen MR) is 81.0 cm³/mol. The summed E-state index contributed by atoms with van der Waals surface area (Å²) in [5, 5.41) is 3.68. The summed E-state index contributed by atoms with van der Waals surface area (Å²) in [5.74, 6) is 0.949. The average molecular weight is 254 g/mol. The summed E-state index contributed by atoms with van der Waals surface area (Å²) in [6.07, 6.45) is 8.45. The summed E-state index contributed by atoms with van der Waals surface area (Å²) in [5.41, 5.74) is 0.278. The summed E-state index contributed by atoms with van der Waals surface area (Å²) in [4.78, 5) is 2.55. The molecule has 1 unspecified atom stereocenters. The van der Waals surface area contributed by atoms with Crippen LogP contribution in [0.1, 0.15) is 66.2 Å². The molecule has 1 atom stereocenters. The van der Waals surface area contributed by atoms with Gasteiger partial charge in [0.05, 0.1) is 0 Å². The molecule has 1 saturated carbocycles. The van der Waals surface area contributed by atoms with Gasteiger partial charge in [0.15, 0.2) is 0 Å². The van der Waals surface area contributed by atoms with Crippen LogP contribution in [0.15, 0.2) is 0 Å². The van der Waals surface area contributed by atoms with E-state index in [0.717, 1.165) is 12.5 Å². The Bertz CT molecular complexity index is 219. The lowest BCUT2D eigenvalue weighted by Gasteiger charge is -2.33. The summed E-state index contributed by atoms with van der Waals surface area (Å²) in [6.45, 7) is 11.6. The molecule has 108 valence electrons. The first-order valence-electron chi connectivity index (χ1n) is 7.90. The van der Waals surface area contributed by atoms with E-state index in [0.29, 0.717) is 6.04 Å². The topological polar surface area (TPSA) is 15.3 Å². The molecule has 0 aliphatic heterocycles. The summed E-state index contributed by atoms with van der Waals surface area (Å²) >= 11 is 0. The summed E-state index contributed by atoms with van der Waals surface area (Å²) in [6, 6.07) is 0.637. The number of nitrogens with zero attached hydrogens (tertiary/aromatic N) is 1. The number of rotatable bonds is 7. The second kappa shape index (κ2) is 7.49. The third kappa shape index (κ3) is 5.71. The lowest BCUT2D eigenvalue weighted by Crippen LogP contribution is -2.47. The van der Waals surface area contributed by atoms with E-state index >= 15 is 0 Å². The molecule has 0 aromatic carbocycles. The fourth-order valence-corrected chi connectivity index (χ4v) is 2.66. The zero-order valence-corrected chi connectivity index (χ0v) is 13.3. The molecule has 1 N–H and O–H groups in total. The highest BCUT2D eigenvalue weighted by Gasteiger charge is 2.20. The molecule has 0 spiro atoms. The van der Waals surface area contributed by atoms with Crippen LogP contribution in [0.25, 0.3) is 0 Å². The van der Waals surface area contributed by atoms with Gasteiger partial charge in [0.25, 0.3) is 0 Å². The second-order valence-electron chi connectivity index (χ2n) is 6.91. The molecule has 1 aliphatic rings. The molecule has 0 heterocycles. The molecule has 2 nitrogen and oxygen atoms in total. The van der Waals surface area contributed by atoms with Gasteiger partial charge in [0.1, 0.15) is 0 Å². The Morgan fingerprint density at radius 2 is 1.83 bits per heavy atom. The van der Waals surface area contributed by atoms with Crippen LogP contribution in [0.4, 0.5) is 0 Å². The first kappa shape index (κ1) is 16.0. The zero-order chi connectivity index (χ0) is 13.6. The van der Waals surface area contributed by atoms with E-state index in [-0.39, 0.29) is 5.54 Å². The van der Waals surface area contributed by atoms with Crippen LogP contribution in [0.2, 0.25) is 0 Å². The maximum Gasteiger partial charge on any atom is 0.0189 e. The Labute approximate surface area is 115 Å². The Hall–Kier alpha value is -0.0800. The standard InChI is InChI=1S/C16H34N2/c1-6-16(3,4)17-12-14(2)18(5)13-15-10-8-7-9-11-15/h14-15,17H,6-13H2,1-5H3. The largest absolute Gasteiger partial charge is 0.310 e. The first-order chi connectivity index (χ1) is 8.44. The highest BCUT2D eigenvalue weighted by molar-refractivity contribution is 4.79. The SMILES string of the molecule is CCC(C)(C)NCC(C)N(C)CC1CCCCC1. The lowest BCUT2D eigenvalue weighted by atomic mass is 9.89. The number of hydrogen-bond acceptors (Lipinski definition) is 2. The van der Waals surface area contributed by atoms with E-state index in [1.165, 1.54) is 45.1 Å². The van der Waals surface area contributed by atoms with Gasteiger partial charge in [-0.05, 0) is 53.0 Å². The maximum atomic E-state index is 3.68. The van der Waals surface area contributed by atoms with Gasteiger partial charge in [0, 0.05) is 24.7 Å². The molecule has 1 rings (SSSR count). The van der Waals surface area contributed by atoms with E-state index in [2.05, 4.69) is 45.0 Å². The number of likely N-dealkylation sites (N-methyl/N-ethyl adjacent to an activating group) is 1. The lowest BCUT2D eigenvalue weighted by molar-refractivity contribution is 0.179. The van der Waals surface area contributed by atoms with Crippen LogP contribution >= 0.6 is 0 Å². The van der Waals surface area contributed by atoms with Gasteiger partial charge in [-0.25, -0.2) is 0 Å². The Morgan fingerprint density at radius 1 is 1.22 bits per heavy atom. The fraction of sp³-hybridized carbons (Fsp3) is 1.00. The van der Waals surface area contributed by atoms with Crippen molar-refractivity contribution in [1.29, 1.82) is 0 Å². The van der Waals surface area contributed by atoms with Gasteiger partial charge in [-0.3, -0.25) is 0 Å². The summed E-state index contributed by atoms with van der Waals surface area (Å²) in [7, 11) is 2.29. The molecule has 0 bridgehead atoms. The van der Waals surface area contributed by atoms with Gasteiger partial charge < -0.3 is 10.2 Å². The highest BCUT2D eigenvalue weighted by atomic mass is 15.2. The molecule has 18 heavy (non-hydrogen) atoms. The maximum absolute atomic E-state index is 3.68. The molecule has 1 aliphatic carbocycles. The van der Waals surface area contributed by atoms with Gasteiger partial charge in [0.2, 0.25) is 0 Å². The van der Waals surface area contributed by atoms with Crippen LogP contribution in [0.5, 0.6) is 0 Å². The minimum absolute atomic E-state index is 0.278. The van der Waals surface area contributed by atoms with Crippen molar-refractivity contribution in [2.75, 3.05) is 20.1 Å². The molecule has 0 amide bonds. The van der Waals surface area contributed by atoms with E-state index in [1.807, 2.05) is 0 Å². The Balaban J connectivity index is 2.25. The molecule has 0 radical (unpaired) electrons. The van der Waals surface area contributed by atoms with Gasteiger partial charge >= 0.3 is 0 Å². The molecule has 0 saturated heterocycles. The third-order valence-electron chi connectivity index (χ3n) is 4.78. The van der Waals surface area contributed by atoms with E-state index in [9.17, 15) is 0 Å². The van der Waals surface area contributed by atoms with Crippen molar-refractivity contribution in [1.82, 2.24) is 10.2 Å². The first-order valence-corrected chi connectivity index (χ1v) is 7.90. The zero-order valence-electron chi connectivity index (χ0n) is 13.3. The van der Waals surface area contributed by atoms with Crippen LogP contribution in [0, 0.1) is 5.92 Å². The van der Waals surface area contributed by atoms with Crippen molar-refractivity contribution >= 4 is 0 Å². The van der Waals surface area contributed by atoms with E-state index in [1.54, 1.807) is 0 Å². The molecule has 0 aromatic rings. The minimum Gasteiger partial charge on any atom is -0.310 e. The van der Waals surface area contributed by atoms with Crippen molar-refractivity contribution in [2.24, 2.45) is 5.92 Å². The molecule has 2 heteroatoms. The second-order valence-corrected chi connectivity index (χ2v) is 6.91. The quantitative estimate of drug-likeness (QED) is 0.746. The Kier molecular flexibility index (Phi) is 6.65. The van der Waals surface area contributed by atoms with Crippen LogP contribution < -0.4 is 5.32 Å². The van der Waals surface area contributed by atoms with Crippen LogP contribution in [-0.4, -0.2) is 36.6 Å². The molecule has 1 fully saturated rings. The van der Waals surface area contributed by atoms with Crippen molar-refractivity contribution < 1.29 is 0 Å². The van der Waals surface area contributed by atoms with Crippen molar-refractivity contribution in [3.8, 4) is 0 Å². The van der Waals surface area contributed by atoms with Crippen LogP contribution in [0.3, 0.4) is 0 Å². The Morgan fingerprint density at radius 3 is 2.39 bits per heavy atom. The average Bonchev–Trinajstić information content (AvgIpc) is 2.37. The van der Waals surface area contributed by atoms with E-state index in [4.69, 9.17) is 0 Å². The third-order valence-corrected chi connectivity index (χ3v) is 4.78. The number of hydrogen-bond donors (Lipinski definition) is 1. The highest BCUT2D eigenvalue weighted by Crippen LogP contribution is 2.24. The van der Waals surface area contributed by atoms with Gasteiger partial charge in [-0.15, -0.1) is 0 Å². The molecular weight excluding hydrogens is 220 g/mol. The van der Waals surface area contributed by atoms with Crippen molar-refractivity contribution in [3.05, 3.63) is 0 Å². The van der Waals surface area contributed by atoms with Crippen molar-refractivity contribution in [2.45, 2.75) is 77.8 Å². The monoisotopic (exact) mass is 254 g/mol. The fourth-order valence-electron chi connectivity index (χ4n) is 2.66. The van der Waals surface area contributed by atoms with E-state index < -0.39 is 0 Å². The van der Waals surface area contributed by atoms with Crippen molar-refractivity contribution in [3.63, 3.8) is 0 Å². The van der Waals surface area contributed by atoms with Crippen LogP contribution in [-0.2, 0) is 0 Å². The molecule has 0 aromatic heterocycles. The van der Waals surface area contributed by atoms with Gasteiger partial charge in [-0.2, -0.15) is 0 Å². The predicted octanol–water partition coefficient (Wildman–Crippen LogP) is 3.67. The normalized spacial score (nSPS) is 20.3. The number of nitrogens with one attached hydrogen (secondary N) is 1. The smallest absolute Gasteiger partial charge is 0.0189 e. The minimum atomic E-state index is 0.278.